The van der Waals surface area contributed by atoms with Crippen LogP contribution in [-0.2, 0) is 9.53 Å². The van der Waals surface area contributed by atoms with Crippen molar-refractivity contribution in [1.29, 1.82) is 0 Å². The second kappa shape index (κ2) is 8.94. The smallest absolute Gasteiger partial charge is 0.339 e. The van der Waals surface area contributed by atoms with E-state index >= 15 is 0 Å². The highest BCUT2D eigenvalue weighted by molar-refractivity contribution is 5.93. The van der Waals surface area contributed by atoms with Crippen LogP contribution in [0.15, 0.2) is 42.5 Å². The Morgan fingerprint density at radius 1 is 1.14 bits per heavy atom. The molecular formula is C19H20FN3O5. The Hall–Kier alpha value is -3.49. The normalized spacial score (nSPS) is 12.6. The van der Waals surface area contributed by atoms with Gasteiger partial charge < -0.3 is 15.4 Å². The molecule has 2 aromatic carbocycles. The Morgan fingerprint density at radius 3 is 2.36 bits per heavy atom. The van der Waals surface area contributed by atoms with Gasteiger partial charge in [-0.05, 0) is 43.7 Å². The maximum atomic E-state index is 13.0. The summed E-state index contributed by atoms with van der Waals surface area (Å²) in [5.74, 6) is -1.79. The number of halogens is 1. The van der Waals surface area contributed by atoms with Gasteiger partial charge in [0.1, 0.15) is 11.5 Å². The zero-order valence-corrected chi connectivity index (χ0v) is 15.6. The van der Waals surface area contributed by atoms with E-state index in [1.807, 2.05) is 0 Å². The summed E-state index contributed by atoms with van der Waals surface area (Å²) in [7, 11) is 1.52. The third kappa shape index (κ3) is 5.03. The Balaban J connectivity index is 2.03. The first-order valence-corrected chi connectivity index (χ1v) is 8.46. The number of carbonyl (C=O) groups is 2. The molecule has 2 aromatic rings. The molecule has 0 fully saturated rings. The van der Waals surface area contributed by atoms with Crippen LogP contribution in [-0.4, -0.2) is 30.0 Å². The Bertz CT molecular complexity index is 886. The number of nitrogens with one attached hydrogen (secondary N) is 2. The maximum absolute atomic E-state index is 13.0. The summed E-state index contributed by atoms with van der Waals surface area (Å²) >= 11 is 0. The summed E-state index contributed by atoms with van der Waals surface area (Å²) in [6.45, 7) is 3.10. The maximum Gasteiger partial charge on any atom is 0.339 e. The van der Waals surface area contributed by atoms with Crippen LogP contribution in [0.5, 0.6) is 0 Å². The van der Waals surface area contributed by atoms with Gasteiger partial charge in [-0.1, -0.05) is 12.1 Å². The minimum atomic E-state index is -1.13. The van der Waals surface area contributed by atoms with E-state index < -0.39 is 28.9 Å². The van der Waals surface area contributed by atoms with Gasteiger partial charge in [0, 0.05) is 13.1 Å². The van der Waals surface area contributed by atoms with Crippen molar-refractivity contribution < 1.29 is 23.6 Å². The molecule has 0 saturated carbocycles. The van der Waals surface area contributed by atoms with Crippen molar-refractivity contribution in [3.63, 3.8) is 0 Å². The van der Waals surface area contributed by atoms with Crippen molar-refractivity contribution in [1.82, 2.24) is 5.32 Å². The number of hydrogen-bond donors (Lipinski definition) is 2. The second-order valence-corrected chi connectivity index (χ2v) is 6.07. The highest BCUT2D eigenvalue weighted by Crippen LogP contribution is 2.25. The molecule has 0 spiro atoms. The van der Waals surface area contributed by atoms with Crippen LogP contribution in [0, 0.1) is 15.9 Å². The van der Waals surface area contributed by atoms with E-state index in [0.717, 1.165) is 6.07 Å². The molecule has 0 radical (unpaired) electrons. The molecule has 0 saturated heterocycles. The van der Waals surface area contributed by atoms with Gasteiger partial charge in [0.15, 0.2) is 6.10 Å². The molecule has 2 rings (SSSR count). The summed E-state index contributed by atoms with van der Waals surface area (Å²) in [6, 6.07) is 9.05. The molecule has 1 amide bonds. The standard InChI is InChI=1S/C19H20FN3O5/c1-11(13-4-7-15(20)8-5-13)22-18(24)12(2)28-19(25)14-6-9-16(21-3)17(10-14)23(26)27/h4-12,21H,1-3H3,(H,22,24)/t11-,12+/m1/s1. The Morgan fingerprint density at radius 2 is 1.79 bits per heavy atom. The molecular weight excluding hydrogens is 369 g/mol. The highest BCUT2D eigenvalue weighted by atomic mass is 19.1. The molecule has 0 aliphatic rings. The average molecular weight is 389 g/mol. The predicted octanol–water partition coefficient (Wildman–Crippen LogP) is 3.20. The molecule has 28 heavy (non-hydrogen) atoms. The van der Waals surface area contributed by atoms with Gasteiger partial charge in [0.2, 0.25) is 0 Å². The van der Waals surface area contributed by atoms with E-state index in [4.69, 9.17) is 4.74 Å². The van der Waals surface area contributed by atoms with Crippen molar-refractivity contribution >= 4 is 23.3 Å². The van der Waals surface area contributed by atoms with E-state index in [0.29, 0.717) is 5.56 Å². The first kappa shape index (κ1) is 20.8. The molecule has 0 heterocycles. The highest BCUT2D eigenvalue weighted by Gasteiger charge is 2.23. The van der Waals surface area contributed by atoms with Crippen LogP contribution in [0.3, 0.4) is 0 Å². The summed E-state index contributed by atoms with van der Waals surface area (Å²) in [5.41, 5.74) is 0.614. The summed E-state index contributed by atoms with van der Waals surface area (Å²) in [5, 5.41) is 16.4. The van der Waals surface area contributed by atoms with Crippen LogP contribution in [0.25, 0.3) is 0 Å². The molecule has 0 aromatic heterocycles. The van der Waals surface area contributed by atoms with Crippen molar-refractivity contribution in [2.45, 2.75) is 26.0 Å². The predicted molar refractivity (Wildman–Crippen MR) is 100 cm³/mol. The van der Waals surface area contributed by atoms with Crippen molar-refractivity contribution in [2.75, 3.05) is 12.4 Å². The van der Waals surface area contributed by atoms with Crippen molar-refractivity contribution in [3.8, 4) is 0 Å². The van der Waals surface area contributed by atoms with Crippen molar-refractivity contribution in [3.05, 3.63) is 69.5 Å². The number of hydrogen-bond acceptors (Lipinski definition) is 6. The Kier molecular flexibility index (Phi) is 6.64. The minimum Gasteiger partial charge on any atom is -0.449 e. The third-order valence-electron chi connectivity index (χ3n) is 4.08. The lowest BCUT2D eigenvalue weighted by Crippen LogP contribution is -2.37. The fraction of sp³-hybridized carbons (Fsp3) is 0.263. The lowest BCUT2D eigenvalue weighted by molar-refractivity contribution is -0.384. The van der Waals surface area contributed by atoms with Crippen molar-refractivity contribution in [2.24, 2.45) is 0 Å². The molecule has 8 nitrogen and oxygen atoms in total. The van der Waals surface area contributed by atoms with Crippen LogP contribution in [0.2, 0.25) is 0 Å². The third-order valence-corrected chi connectivity index (χ3v) is 4.08. The number of ether oxygens (including phenoxy) is 1. The molecule has 0 aliphatic heterocycles. The average Bonchev–Trinajstić information content (AvgIpc) is 2.67. The number of nitro groups is 1. The fourth-order valence-electron chi connectivity index (χ4n) is 2.47. The van der Waals surface area contributed by atoms with Crippen LogP contribution in [0.1, 0.15) is 35.8 Å². The van der Waals surface area contributed by atoms with E-state index in [2.05, 4.69) is 10.6 Å². The van der Waals surface area contributed by atoms with Crippen LogP contribution < -0.4 is 10.6 Å². The number of anilines is 1. The zero-order chi connectivity index (χ0) is 20.8. The van der Waals surface area contributed by atoms with Crippen LogP contribution >= 0.6 is 0 Å². The number of rotatable bonds is 7. The number of carbonyl (C=O) groups excluding carboxylic acids is 2. The number of nitrogens with zero attached hydrogens (tertiary/aromatic N) is 1. The summed E-state index contributed by atoms with van der Waals surface area (Å²) in [6.07, 6.45) is -1.13. The van der Waals surface area contributed by atoms with Gasteiger partial charge in [-0.3, -0.25) is 14.9 Å². The van der Waals surface area contributed by atoms with E-state index in [-0.39, 0.29) is 22.8 Å². The number of benzene rings is 2. The second-order valence-electron chi connectivity index (χ2n) is 6.07. The molecule has 0 aliphatic carbocycles. The van der Waals surface area contributed by atoms with Gasteiger partial charge in [-0.25, -0.2) is 9.18 Å². The number of nitro benzene ring substituents is 1. The minimum absolute atomic E-state index is 0.0445. The summed E-state index contributed by atoms with van der Waals surface area (Å²) in [4.78, 5) is 35.0. The number of amides is 1. The first-order chi connectivity index (χ1) is 13.2. The molecule has 2 atom stereocenters. The van der Waals surface area contributed by atoms with Gasteiger partial charge in [0.05, 0.1) is 16.5 Å². The molecule has 0 bridgehead atoms. The quantitative estimate of drug-likeness (QED) is 0.427. The van der Waals surface area contributed by atoms with Gasteiger partial charge in [-0.15, -0.1) is 0 Å². The molecule has 9 heteroatoms. The van der Waals surface area contributed by atoms with E-state index in [1.54, 1.807) is 19.1 Å². The Labute approximate surface area is 160 Å². The molecule has 148 valence electrons. The lowest BCUT2D eigenvalue weighted by Gasteiger charge is -2.18. The topological polar surface area (TPSA) is 111 Å². The van der Waals surface area contributed by atoms with Gasteiger partial charge >= 0.3 is 5.97 Å². The first-order valence-electron chi connectivity index (χ1n) is 8.46. The SMILES string of the molecule is CNc1ccc(C(=O)O[C@@H](C)C(=O)N[C@H](C)c2ccc(F)cc2)cc1[N+](=O)[O-]. The van der Waals surface area contributed by atoms with Crippen LogP contribution in [0.4, 0.5) is 15.8 Å². The van der Waals surface area contributed by atoms with E-state index in [1.165, 1.54) is 38.2 Å². The lowest BCUT2D eigenvalue weighted by atomic mass is 10.1. The molecule has 0 unspecified atom stereocenters. The van der Waals surface area contributed by atoms with Gasteiger partial charge in [0.25, 0.3) is 11.6 Å². The fourth-order valence-corrected chi connectivity index (χ4v) is 2.47. The monoisotopic (exact) mass is 389 g/mol. The zero-order valence-electron chi connectivity index (χ0n) is 15.6. The molecule has 2 N–H and O–H groups in total. The van der Waals surface area contributed by atoms with Gasteiger partial charge in [-0.2, -0.15) is 0 Å². The summed E-state index contributed by atoms with van der Waals surface area (Å²) < 4.78 is 18.1. The van der Waals surface area contributed by atoms with E-state index in [9.17, 15) is 24.1 Å². The number of esters is 1. The largest absolute Gasteiger partial charge is 0.449 e.